The highest BCUT2D eigenvalue weighted by Crippen LogP contribution is 2.13. The third-order valence-corrected chi connectivity index (χ3v) is 1.60. The second-order valence-corrected chi connectivity index (χ2v) is 4.21. The van der Waals surface area contributed by atoms with Crippen LogP contribution in [0.15, 0.2) is 50.6 Å². The summed E-state index contributed by atoms with van der Waals surface area (Å²) in [5, 5.41) is 64.1. The molecule has 0 radical (unpaired) electrons. The van der Waals surface area contributed by atoms with Gasteiger partial charge < -0.3 is 40.9 Å². The average molecular weight is 410 g/mol. The van der Waals surface area contributed by atoms with E-state index in [2.05, 4.69) is 26.3 Å². The highest BCUT2D eigenvalue weighted by atomic mass is 16.6. The smallest absolute Gasteiger partial charge is 0.327 e. The topological polar surface area (TPSA) is 230 Å². The fourth-order valence-corrected chi connectivity index (χ4v) is 0. The van der Waals surface area contributed by atoms with Gasteiger partial charge in [0.05, 0.1) is 0 Å². The van der Waals surface area contributed by atoms with E-state index in [4.69, 9.17) is 40.9 Å². The van der Waals surface area contributed by atoms with Crippen molar-refractivity contribution in [2.24, 2.45) is 0 Å². The van der Waals surface area contributed by atoms with E-state index in [1.165, 1.54) is 0 Å². The molecular weight excluding hydrogens is 384 g/mol. The Morgan fingerprint density at radius 2 is 0.607 bits per heavy atom. The molecule has 0 aromatic carbocycles. The average Bonchev–Trinajstić information content (AvgIpc) is 2.54. The Kier molecular flexibility index (Phi) is 25.5. The molecule has 0 atom stereocenters. The quantitative estimate of drug-likeness (QED) is 0.210. The molecule has 0 saturated heterocycles. The zero-order valence-electron chi connectivity index (χ0n) is 15.3. The summed E-state index contributed by atoms with van der Waals surface area (Å²) in [5.41, 5.74) is 0. The molecule has 0 spiro atoms. The Hall–Kier alpha value is -3.32. The Morgan fingerprint density at radius 3 is 0.607 bits per heavy atom. The van der Waals surface area contributed by atoms with E-state index in [1.807, 2.05) is 0 Å². The Bertz CT molecular complexity index is 437. The molecule has 28 heavy (non-hydrogen) atoms. The van der Waals surface area contributed by atoms with Crippen LogP contribution >= 0.6 is 0 Å². The van der Waals surface area contributed by atoms with Crippen LogP contribution in [0, 0.1) is 0 Å². The van der Waals surface area contributed by atoms with Crippen LogP contribution in [0.2, 0.25) is 0 Å². The molecule has 0 aliphatic rings. The first-order valence-electron chi connectivity index (χ1n) is 6.64. The van der Waals surface area contributed by atoms with E-state index in [0.717, 1.165) is 38.2 Å². The molecule has 0 heterocycles. The van der Waals surface area contributed by atoms with Crippen LogP contribution in [0.3, 0.4) is 0 Å². The summed E-state index contributed by atoms with van der Waals surface area (Å²) in [5.74, 6) is -8.83. The third-order valence-electron chi connectivity index (χ3n) is 1.60. The van der Waals surface area contributed by atoms with Crippen molar-refractivity contribution in [3.05, 3.63) is 50.6 Å². The van der Waals surface area contributed by atoms with E-state index in [9.17, 15) is 19.2 Å². The number of carboxylic acid groups (broad SMARTS) is 4. The molecule has 0 unspecified atom stereocenters. The number of rotatable bonds is 5. The second-order valence-electron chi connectivity index (χ2n) is 4.21. The SMILES string of the molecule is C=CC(=O)O.C=CC(=O)O.C=CC(=O)O.C=CC(=O)O.CC(O)(O)C(C)(O)O. The van der Waals surface area contributed by atoms with Gasteiger partial charge in [-0.2, -0.15) is 0 Å². The molecule has 0 amide bonds. The van der Waals surface area contributed by atoms with Crippen molar-refractivity contribution < 1.29 is 60.0 Å². The predicted molar refractivity (Wildman–Crippen MR) is 97.0 cm³/mol. The highest BCUT2D eigenvalue weighted by molar-refractivity contribution is 5.79. The first-order chi connectivity index (χ1) is 12.3. The molecule has 0 bridgehead atoms. The molecule has 0 aromatic heterocycles. The number of hydrogen-bond acceptors (Lipinski definition) is 8. The van der Waals surface area contributed by atoms with Crippen LogP contribution in [0.25, 0.3) is 0 Å². The molecule has 0 rings (SSSR count). The molecule has 0 aliphatic heterocycles. The fraction of sp³-hybridized carbons (Fsp3) is 0.250. The van der Waals surface area contributed by atoms with Crippen molar-refractivity contribution in [2.45, 2.75) is 25.4 Å². The number of aliphatic hydroxyl groups is 4. The van der Waals surface area contributed by atoms with Gasteiger partial charge in [-0.05, 0) is 13.8 Å². The highest BCUT2D eigenvalue weighted by Gasteiger charge is 2.37. The van der Waals surface area contributed by atoms with E-state index in [0.29, 0.717) is 0 Å². The maximum atomic E-state index is 9.25. The Labute approximate surface area is 160 Å². The molecule has 0 aromatic rings. The van der Waals surface area contributed by atoms with Crippen molar-refractivity contribution in [2.75, 3.05) is 0 Å². The number of aliphatic carboxylic acids is 4. The summed E-state index contributed by atoms with van der Waals surface area (Å²) < 4.78 is 0. The van der Waals surface area contributed by atoms with Crippen molar-refractivity contribution in [1.82, 2.24) is 0 Å². The molecule has 0 saturated carbocycles. The maximum absolute atomic E-state index is 9.25. The molecule has 0 fully saturated rings. The summed E-state index contributed by atoms with van der Waals surface area (Å²) >= 11 is 0. The summed E-state index contributed by atoms with van der Waals surface area (Å²) in [4.78, 5) is 37.0. The minimum Gasteiger partial charge on any atom is -0.478 e. The van der Waals surface area contributed by atoms with Gasteiger partial charge in [-0.15, -0.1) is 0 Å². The normalized spacial score (nSPS) is 8.64. The number of carboxylic acids is 4. The van der Waals surface area contributed by atoms with E-state index >= 15 is 0 Å². The summed E-state index contributed by atoms with van der Waals surface area (Å²) in [6.07, 6.45) is 3.33. The molecular formula is C16H26O12. The van der Waals surface area contributed by atoms with Gasteiger partial charge in [0, 0.05) is 24.3 Å². The lowest BCUT2D eigenvalue weighted by Gasteiger charge is -2.27. The van der Waals surface area contributed by atoms with Crippen molar-refractivity contribution in [1.29, 1.82) is 0 Å². The predicted octanol–water partition coefficient (Wildman–Crippen LogP) is -0.584. The summed E-state index contributed by atoms with van der Waals surface area (Å²) in [6.45, 7) is 13.6. The largest absolute Gasteiger partial charge is 0.478 e. The lowest BCUT2D eigenvalue weighted by Crippen LogP contribution is -2.49. The monoisotopic (exact) mass is 410 g/mol. The van der Waals surface area contributed by atoms with Crippen molar-refractivity contribution in [3.63, 3.8) is 0 Å². The second kappa shape index (κ2) is 20.0. The van der Waals surface area contributed by atoms with E-state index < -0.39 is 35.5 Å². The van der Waals surface area contributed by atoms with E-state index in [-0.39, 0.29) is 0 Å². The minimum atomic E-state index is -2.45. The molecule has 12 heteroatoms. The van der Waals surface area contributed by atoms with Gasteiger partial charge in [-0.1, -0.05) is 26.3 Å². The number of carbonyl (C=O) groups is 4. The van der Waals surface area contributed by atoms with Gasteiger partial charge in [0.2, 0.25) is 11.6 Å². The molecule has 162 valence electrons. The van der Waals surface area contributed by atoms with Crippen molar-refractivity contribution in [3.8, 4) is 0 Å². The van der Waals surface area contributed by atoms with Crippen LogP contribution in [-0.2, 0) is 19.2 Å². The standard InChI is InChI=1S/C4H10O4.4C3H4O2/c1-3(5,6)4(2,7)8;4*1-2-3(4)5/h5-8H,1-2H3;4*2H,1H2,(H,4,5). The lowest BCUT2D eigenvalue weighted by atomic mass is 10.1. The zero-order chi connectivity index (χ0) is 24.1. The van der Waals surface area contributed by atoms with Gasteiger partial charge >= 0.3 is 23.9 Å². The van der Waals surface area contributed by atoms with Gasteiger partial charge in [0.25, 0.3) is 0 Å². The summed E-state index contributed by atoms with van der Waals surface area (Å²) in [7, 11) is 0. The van der Waals surface area contributed by atoms with Crippen LogP contribution in [-0.4, -0.2) is 76.3 Å². The third kappa shape index (κ3) is 57.0. The maximum Gasteiger partial charge on any atom is 0.327 e. The van der Waals surface area contributed by atoms with Crippen molar-refractivity contribution >= 4 is 23.9 Å². The van der Waals surface area contributed by atoms with Crippen LogP contribution in [0.4, 0.5) is 0 Å². The first kappa shape index (κ1) is 35.7. The van der Waals surface area contributed by atoms with Gasteiger partial charge in [-0.25, -0.2) is 19.2 Å². The molecule has 12 nitrogen and oxygen atoms in total. The molecule has 0 aliphatic carbocycles. The zero-order valence-corrected chi connectivity index (χ0v) is 15.3. The van der Waals surface area contributed by atoms with Gasteiger partial charge in [0.15, 0.2) is 0 Å². The Balaban J connectivity index is -0.0000000802. The van der Waals surface area contributed by atoms with Gasteiger partial charge in [0.1, 0.15) is 0 Å². The first-order valence-corrected chi connectivity index (χ1v) is 6.64. The fourth-order valence-electron chi connectivity index (χ4n) is 0. The van der Waals surface area contributed by atoms with Gasteiger partial charge in [-0.3, -0.25) is 0 Å². The summed E-state index contributed by atoms with van der Waals surface area (Å²) in [6, 6.07) is 0. The number of hydrogen-bond donors (Lipinski definition) is 8. The van der Waals surface area contributed by atoms with Crippen LogP contribution in [0.5, 0.6) is 0 Å². The lowest BCUT2D eigenvalue weighted by molar-refractivity contribution is -0.339. The van der Waals surface area contributed by atoms with E-state index in [1.54, 1.807) is 0 Å². The minimum absolute atomic E-state index is 0.833. The molecule has 8 N–H and O–H groups in total. The Morgan fingerprint density at radius 1 is 0.536 bits per heavy atom. The van der Waals surface area contributed by atoms with Crippen LogP contribution in [0.1, 0.15) is 13.8 Å². The van der Waals surface area contributed by atoms with Crippen LogP contribution < -0.4 is 0 Å².